The summed E-state index contributed by atoms with van der Waals surface area (Å²) in [7, 11) is 0. The minimum Gasteiger partial charge on any atom is -0.481 e. The summed E-state index contributed by atoms with van der Waals surface area (Å²) in [5, 5.41) is 8.79. The van der Waals surface area contributed by atoms with Gasteiger partial charge in [-0.2, -0.15) is 0 Å². The van der Waals surface area contributed by atoms with Crippen LogP contribution < -0.4 is 0 Å². The summed E-state index contributed by atoms with van der Waals surface area (Å²) in [5.41, 5.74) is -0.0234. The number of aliphatic carboxylic acids is 1. The molecule has 15 heavy (non-hydrogen) atoms. The van der Waals surface area contributed by atoms with Gasteiger partial charge < -0.3 is 9.52 Å². The smallest absolute Gasteiger partial charge is 0.303 e. The van der Waals surface area contributed by atoms with Gasteiger partial charge in [0.1, 0.15) is 5.76 Å². The second-order valence-corrected chi connectivity index (χ2v) is 5.04. The molecule has 0 bridgehead atoms. The van der Waals surface area contributed by atoms with Crippen LogP contribution in [0.25, 0.3) is 0 Å². The van der Waals surface area contributed by atoms with Crippen molar-refractivity contribution in [1.29, 1.82) is 0 Å². The van der Waals surface area contributed by atoms with E-state index in [1.54, 1.807) is 0 Å². The van der Waals surface area contributed by atoms with Crippen LogP contribution >= 0.6 is 15.9 Å². The average Bonchev–Trinajstić information content (AvgIpc) is 2.84. The molecule has 0 saturated heterocycles. The topological polar surface area (TPSA) is 50.4 Å². The highest BCUT2D eigenvalue weighted by atomic mass is 79.9. The van der Waals surface area contributed by atoms with Gasteiger partial charge in [0.2, 0.25) is 0 Å². The molecule has 1 aliphatic rings. The SMILES string of the molecule is CC(CC(=O)O)C1(c2ccc(Br)o2)CC1. The molecule has 2 rings (SSSR count). The van der Waals surface area contributed by atoms with Crippen LogP contribution in [0.15, 0.2) is 21.2 Å². The fraction of sp³-hybridized carbons (Fsp3) is 0.545. The first-order chi connectivity index (χ1) is 7.04. The molecule has 1 fully saturated rings. The minimum absolute atomic E-state index is 0.0234. The fourth-order valence-electron chi connectivity index (χ4n) is 2.16. The number of hydrogen-bond donors (Lipinski definition) is 1. The van der Waals surface area contributed by atoms with Crippen molar-refractivity contribution < 1.29 is 14.3 Å². The van der Waals surface area contributed by atoms with Gasteiger partial charge in [0, 0.05) is 11.8 Å². The van der Waals surface area contributed by atoms with Crippen molar-refractivity contribution in [3.8, 4) is 0 Å². The number of hydrogen-bond acceptors (Lipinski definition) is 2. The van der Waals surface area contributed by atoms with Gasteiger partial charge >= 0.3 is 5.97 Å². The van der Waals surface area contributed by atoms with Gasteiger partial charge in [-0.05, 0) is 46.8 Å². The molecule has 0 spiro atoms. The van der Waals surface area contributed by atoms with Crippen molar-refractivity contribution in [3.05, 3.63) is 22.6 Å². The molecule has 0 aromatic carbocycles. The highest BCUT2D eigenvalue weighted by molar-refractivity contribution is 9.10. The lowest BCUT2D eigenvalue weighted by atomic mass is 9.86. The molecule has 1 aromatic heterocycles. The summed E-state index contributed by atoms with van der Waals surface area (Å²) in [5.74, 6) is 0.315. The molecule has 1 atom stereocenters. The lowest BCUT2D eigenvalue weighted by molar-refractivity contribution is -0.138. The Hall–Kier alpha value is -0.770. The Balaban J connectivity index is 2.16. The molecule has 1 aromatic rings. The summed E-state index contributed by atoms with van der Waals surface area (Å²) in [4.78, 5) is 10.7. The summed E-state index contributed by atoms with van der Waals surface area (Å²) < 4.78 is 6.25. The lowest BCUT2D eigenvalue weighted by Crippen LogP contribution is -2.20. The lowest BCUT2D eigenvalue weighted by Gasteiger charge is -2.19. The van der Waals surface area contributed by atoms with Gasteiger partial charge in [0.05, 0.1) is 0 Å². The average molecular weight is 273 g/mol. The summed E-state index contributed by atoms with van der Waals surface area (Å²) in [6.45, 7) is 1.98. The molecule has 1 saturated carbocycles. The molecule has 0 amide bonds. The number of furan rings is 1. The highest BCUT2D eigenvalue weighted by Crippen LogP contribution is 2.55. The van der Waals surface area contributed by atoms with Gasteiger partial charge in [-0.15, -0.1) is 0 Å². The first-order valence-electron chi connectivity index (χ1n) is 5.02. The molecule has 0 radical (unpaired) electrons. The Labute approximate surface area is 96.6 Å². The third-order valence-corrected chi connectivity index (χ3v) is 3.70. The van der Waals surface area contributed by atoms with E-state index >= 15 is 0 Å². The number of carboxylic acid groups (broad SMARTS) is 1. The van der Waals surface area contributed by atoms with E-state index in [0.29, 0.717) is 4.67 Å². The van der Waals surface area contributed by atoms with E-state index in [0.717, 1.165) is 18.6 Å². The van der Waals surface area contributed by atoms with E-state index in [9.17, 15) is 4.79 Å². The second kappa shape index (κ2) is 3.67. The first-order valence-corrected chi connectivity index (χ1v) is 5.81. The van der Waals surface area contributed by atoms with E-state index in [-0.39, 0.29) is 17.8 Å². The zero-order chi connectivity index (χ0) is 11.1. The molecular formula is C11H13BrO3. The predicted molar refractivity (Wildman–Crippen MR) is 58.7 cm³/mol. The molecule has 1 heterocycles. The van der Waals surface area contributed by atoms with E-state index in [1.807, 2.05) is 19.1 Å². The zero-order valence-corrected chi connectivity index (χ0v) is 10.1. The summed E-state index contributed by atoms with van der Waals surface area (Å²) in [6.07, 6.45) is 2.26. The van der Waals surface area contributed by atoms with Crippen LogP contribution in [0.5, 0.6) is 0 Å². The van der Waals surface area contributed by atoms with Gasteiger partial charge in [-0.3, -0.25) is 4.79 Å². The van der Waals surface area contributed by atoms with Crippen LogP contribution in [0.1, 0.15) is 31.9 Å². The maximum Gasteiger partial charge on any atom is 0.303 e. The molecule has 3 nitrogen and oxygen atoms in total. The van der Waals surface area contributed by atoms with E-state index in [1.165, 1.54) is 0 Å². The Kier molecular flexibility index (Phi) is 2.63. The number of carboxylic acids is 1. The normalized spacial score (nSPS) is 19.9. The van der Waals surface area contributed by atoms with Crippen LogP contribution in [0.2, 0.25) is 0 Å². The number of halogens is 1. The molecule has 82 valence electrons. The molecule has 0 aliphatic heterocycles. The summed E-state index contributed by atoms with van der Waals surface area (Å²) >= 11 is 3.27. The van der Waals surface area contributed by atoms with Crippen LogP contribution in [0.3, 0.4) is 0 Å². The Morgan fingerprint density at radius 1 is 1.67 bits per heavy atom. The molecule has 4 heteroatoms. The Morgan fingerprint density at radius 3 is 2.73 bits per heavy atom. The second-order valence-electron chi connectivity index (χ2n) is 4.26. The third kappa shape index (κ3) is 1.95. The van der Waals surface area contributed by atoms with Crippen LogP contribution in [-0.2, 0) is 10.2 Å². The largest absolute Gasteiger partial charge is 0.481 e. The highest BCUT2D eigenvalue weighted by Gasteiger charge is 2.51. The molecular weight excluding hydrogens is 260 g/mol. The number of rotatable bonds is 4. The molecule has 1 aliphatic carbocycles. The van der Waals surface area contributed by atoms with Crippen molar-refractivity contribution in [2.75, 3.05) is 0 Å². The van der Waals surface area contributed by atoms with Gasteiger partial charge in [-0.25, -0.2) is 0 Å². The summed E-state index contributed by atoms with van der Waals surface area (Å²) in [6, 6.07) is 3.80. The zero-order valence-electron chi connectivity index (χ0n) is 8.50. The maximum atomic E-state index is 10.7. The standard InChI is InChI=1S/C11H13BrO3/c1-7(6-10(13)14)11(4-5-11)8-2-3-9(12)15-8/h2-3,7H,4-6H2,1H3,(H,13,14). The van der Waals surface area contributed by atoms with Crippen LogP contribution in [0, 0.1) is 5.92 Å². The van der Waals surface area contributed by atoms with Crippen molar-refractivity contribution >= 4 is 21.9 Å². The monoisotopic (exact) mass is 272 g/mol. The Morgan fingerprint density at radius 2 is 2.33 bits per heavy atom. The minimum atomic E-state index is -0.737. The quantitative estimate of drug-likeness (QED) is 0.916. The Bertz CT molecular complexity index is 379. The predicted octanol–water partition coefficient (Wildman–Crippen LogP) is 3.18. The molecule has 1 unspecified atom stereocenters. The third-order valence-electron chi connectivity index (χ3n) is 3.28. The van der Waals surface area contributed by atoms with E-state index in [4.69, 9.17) is 9.52 Å². The van der Waals surface area contributed by atoms with Crippen molar-refractivity contribution in [2.24, 2.45) is 5.92 Å². The van der Waals surface area contributed by atoms with Crippen molar-refractivity contribution in [3.63, 3.8) is 0 Å². The van der Waals surface area contributed by atoms with Gasteiger partial charge in [0.15, 0.2) is 4.67 Å². The fourth-order valence-corrected chi connectivity index (χ4v) is 2.46. The van der Waals surface area contributed by atoms with Crippen molar-refractivity contribution in [1.82, 2.24) is 0 Å². The van der Waals surface area contributed by atoms with Crippen molar-refractivity contribution in [2.45, 2.75) is 31.6 Å². The van der Waals surface area contributed by atoms with Gasteiger partial charge in [0.25, 0.3) is 0 Å². The maximum absolute atomic E-state index is 10.7. The van der Waals surface area contributed by atoms with Gasteiger partial charge in [-0.1, -0.05) is 6.92 Å². The first kappa shape index (κ1) is 10.7. The van der Waals surface area contributed by atoms with E-state index < -0.39 is 5.97 Å². The van der Waals surface area contributed by atoms with Crippen LogP contribution in [0.4, 0.5) is 0 Å². The van der Waals surface area contributed by atoms with Crippen LogP contribution in [-0.4, -0.2) is 11.1 Å². The van der Waals surface area contributed by atoms with E-state index in [2.05, 4.69) is 15.9 Å². The number of carbonyl (C=O) groups is 1. The molecule has 1 N–H and O–H groups in total.